The molecule has 1 aliphatic rings. The Hall–Kier alpha value is -1.46. The van der Waals surface area contributed by atoms with Crippen molar-refractivity contribution in [3.8, 4) is 0 Å². The summed E-state index contributed by atoms with van der Waals surface area (Å²) in [6.45, 7) is 6.89. The number of alkyl halides is 2. The van der Waals surface area contributed by atoms with Gasteiger partial charge in [-0.2, -0.15) is 0 Å². The number of rotatable bonds is 5. The van der Waals surface area contributed by atoms with Gasteiger partial charge in [0.15, 0.2) is 0 Å². The minimum atomic E-state index is -1.04. The van der Waals surface area contributed by atoms with Crippen LogP contribution < -0.4 is 4.90 Å². The Kier molecular flexibility index (Phi) is 6.02. The zero-order chi connectivity index (χ0) is 19.7. The van der Waals surface area contributed by atoms with Gasteiger partial charge in [0.25, 0.3) is 0 Å². The molecule has 1 nitrogen and oxygen atoms in total. The molecular weight excluding hydrogens is 473 g/mol. The fourth-order valence-corrected chi connectivity index (χ4v) is 9.42. The summed E-state index contributed by atoms with van der Waals surface area (Å²) in [5, 5.41) is 0. The maximum atomic E-state index is 2.52. The molecule has 4 rings (SSSR count). The predicted molar refractivity (Wildman–Crippen MR) is 133 cm³/mol. The van der Waals surface area contributed by atoms with Gasteiger partial charge in [-0.05, 0) is 0 Å². The number of hydrogen-bond acceptors (Lipinski definition) is 2. The summed E-state index contributed by atoms with van der Waals surface area (Å²) in [6.07, 6.45) is 2.67. The van der Waals surface area contributed by atoms with Gasteiger partial charge in [0.2, 0.25) is 0 Å². The zero-order valence-corrected chi connectivity index (χ0v) is 20.1. The molecule has 0 saturated heterocycles. The van der Waals surface area contributed by atoms with Gasteiger partial charge in [-0.1, -0.05) is 0 Å². The predicted octanol–water partition coefficient (Wildman–Crippen LogP) is 8.34. The van der Waals surface area contributed by atoms with E-state index < -0.39 is 19.8 Å². The molecule has 0 unspecified atom stereocenters. The van der Waals surface area contributed by atoms with Crippen LogP contribution in [0.1, 0.15) is 30.9 Å². The van der Waals surface area contributed by atoms with Crippen molar-refractivity contribution in [3.05, 3.63) is 75.4 Å². The Balaban J connectivity index is 1.83. The van der Waals surface area contributed by atoms with E-state index >= 15 is 0 Å². The standard InChI is InChI=1S/C25H28INS/c1-5-6-15-26(4)20-16-18(2)25(19(3)17-20)27-21-11-7-9-13-23(21)28-24-14-10-8-12-22(24)27/h7-14,16-17H,5-6,15H2,1-4H3. The molecule has 0 amide bonds. The number of nitrogens with zero attached hydrogens (tertiary/aromatic N) is 1. The first-order chi connectivity index (χ1) is 13.6. The molecule has 0 saturated carbocycles. The molecule has 0 N–H and O–H groups in total. The van der Waals surface area contributed by atoms with Gasteiger partial charge in [0.1, 0.15) is 0 Å². The van der Waals surface area contributed by atoms with Gasteiger partial charge < -0.3 is 0 Å². The zero-order valence-electron chi connectivity index (χ0n) is 17.1. The molecule has 146 valence electrons. The van der Waals surface area contributed by atoms with Crippen LogP contribution in [-0.4, -0.2) is 9.36 Å². The summed E-state index contributed by atoms with van der Waals surface area (Å²) >= 11 is 0.833. The Labute approximate surface area is 180 Å². The molecule has 0 fully saturated rings. The van der Waals surface area contributed by atoms with Crippen molar-refractivity contribution in [2.75, 3.05) is 14.3 Å². The van der Waals surface area contributed by atoms with Crippen molar-refractivity contribution in [2.24, 2.45) is 0 Å². The fourth-order valence-electron chi connectivity index (χ4n) is 3.83. The quantitative estimate of drug-likeness (QED) is 0.200. The second-order valence-corrected chi connectivity index (χ2v) is 14.2. The Morgan fingerprint density at radius 1 is 0.857 bits per heavy atom. The first kappa shape index (κ1) is 19.8. The first-order valence-corrected chi connectivity index (χ1v) is 15.5. The molecule has 1 heterocycles. The second-order valence-electron chi connectivity index (χ2n) is 7.39. The number of unbranched alkanes of at least 4 members (excludes halogenated alkanes) is 1. The van der Waals surface area contributed by atoms with Gasteiger partial charge in [-0.3, -0.25) is 0 Å². The van der Waals surface area contributed by atoms with Crippen molar-refractivity contribution in [2.45, 2.75) is 43.4 Å². The van der Waals surface area contributed by atoms with Crippen LogP contribution in [0.5, 0.6) is 0 Å². The van der Waals surface area contributed by atoms with Gasteiger partial charge in [-0.15, -0.1) is 0 Å². The van der Waals surface area contributed by atoms with E-state index in [9.17, 15) is 0 Å². The molecule has 3 aromatic carbocycles. The van der Waals surface area contributed by atoms with E-state index in [-0.39, 0.29) is 0 Å². The van der Waals surface area contributed by atoms with Crippen LogP contribution in [0.2, 0.25) is 0 Å². The molecule has 0 radical (unpaired) electrons. The first-order valence-electron chi connectivity index (χ1n) is 9.93. The fraction of sp³-hybridized carbons (Fsp3) is 0.280. The number of para-hydroxylation sites is 2. The van der Waals surface area contributed by atoms with Crippen LogP contribution in [-0.2, 0) is 0 Å². The van der Waals surface area contributed by atoms with E-state index in [0.29, 0.717) is 0 Å². The van der Waals surface area contributed by atoms with Crippen molar-refractivity contribution in [3.63, 3.8) is 0 Å². The van der Waals surface area contributed by atoms with Crippen LogP contribution in [0.25, 0.3) is 0 Å². The van der Waals surface area contributed by atoms with Gasteiger partial charge in [0, 0.05) is 0 Å². The average Bonchev–Trinajstić information content (AvgIpc) is 2.70. The summed E-state index contributed by atoms with van der Waals surface area (Å²) in [7, 11) is 0. The normalized spacial score (nSPS) is 13.1. The van der Waals surface area contributed by atoms with Crippen molar-refractivity contribution < 1.29 is 0 Å². The number of benzene rings is 3. The summed E-state index contributed by atoms with van der Waals surface area (Å²) in [5.74, 6) is 0. The molecule has 28 heavy (non-hydrogen) atoms. The van der Waals surface area contributed by atoms with E-state index in [1.54, 1.807) is 3.57 Å². The summed E-state index contributed by atoms with van der Waals surface area (Å²) < 4.78 is 3.05. The van der Waals surface area contributed by atoms with Gasteiger partial charge in [-0.25, -0.2) is 0 Å². The van der Waals surface area contributed by atoms with E-state index in [2.05, 4.69) is 91.3 Å². The van der Waals surface area contributed by atoms with Crippen LogP contribution in [0, 0.1) is 17.4 Å². The van der Waals surface area contributed by atoms with Crippen molar-refractivity contribution in [1.82, 2.24) is 0 Å². The molecule has 3 aromatic rings. The molecule has 0 bridgehead atoms. The van der Waals surface area contributed by atoms with Crippen LogP contribution in [0.3, 0.4) is 0 Å². The van der Waals surface area contributed by atoms with Crippen molar-refractivity contribution in [1.29, 1.82) is 0 Å². The SMILES string of the molecule is CCCCI(C)c1cc(C)c(N2c3ccccc3Sc3ccccc32)c(C)c1. The third-order valence-electron chi connectivity index (χ3n) is 5.25. The third-order valence-corrected chi connectivity index (χ3v) is 11.5. The molecular formula is C25H28INS. The van der Waals surface area contributed by atoms with E-state index in [1.165, 1.54) is 55.2 Å². The molecule has 3 heteroatoms. The number of fused-ring (bicyclic) bond motifs is 2. The topological polar surface area (TPSA) is 3.24 Å². The van der Waals surface area contributed by atoms with E-state index in [1.807, 2.05) is 11.8 Å². The monoisotopic (exact) mass is 501 g/mol. The number of halogens is 1. The average molecular weight is 501 g/mol. The third kappa shape index (κ3) is 3.71. The molecule has 1 aliphatic heterocycles. The Morgan fingerprint density at radius 2 is 1.39 bits per heavy atom. The van der Waals surface area contributed by atoms with Crippen LogP contribution >= 0.6 is 31.6 Å². The second kappa shape index (κ2) is 8.50. The number of aryl methyl sites for hydroxylation is 2. The minimum absolute atomic E-state index is 1.04. The number of anilines is 3. The molecule has 0 atom stereocenters. The van der Waals surface area contributed by atoms with Gasteiger partial charge in [0.05, 0.1) is 0 Å². The van der Waals surface area contributed by atoms with E-state index in [0.717, 1.165) is 0 Å². The Morgan fingerprint density at radius 3 is 1.93 bits per heavy atom. The number of hydrogen-bond donors (Lipinski definition) is 0. The molecule has 0 spiro atoms. The van der Waals surface area contributed by atoms with Gasteiger partial charge >= 0.3 is 182 Å². The molecule has 0 aromatic heterocycles. The Bertz CT molecular complexity index is 929. The van der Waals surface area contributed by atoms with Crippen LogP contribution in [0.15, 0.2) is 70.5 Å². The summed E-state index contributed by atoms with van der Waals surface area (Å²) in [4.78, 5) is 7.66. The maximum absolute atomic E-state index is 2.52. The van der Waals surface area contributed by atoms with Crippen molar-refractivity contribution >= 4 is 48.6 Å². The molecule has 0 aliphatic carbocycles. The summed E-state index contributed by atoms with van der Waals surface area (Å²) in [6, 6.07) is 22.5. The van der Waals surface area contributed by atoms with Crippen LogP contribution in [0.4, 0.5) is 17.1 Å². The van der Waals surface area contributed by atoms with E-state index in [4.69, 9.17) is 0 Å². The summed E-state index contributed by atoms with van der Waals surface area (Å²) in [5.41, 5.74) is 6.73.